The van der Waals surface area contributed by atoms with Gasteiger partial charge in [0.2, 0.25) is 5.95 Å². The van der Waals surface area contributed by atoms with Gasteiger partial charge in [0.1, 0.15) is 9.86 Å². The SMILES string of the molecule is CNc1nc(SC2CCCC2)c2ccsc2n1. The normalized spacial score (nSPS) is 16.8. The van der Waals surface area contributed by atoms with Crippen LogP contribution in [-0.4, -0.2) is 22.3 Å². The smallest absolute Gasteiger partial charge is 0.224 e. The molecule has 2 heterocycles. The van der Waals surface area contributed by atoms with Crippen LogP contribution in [0, 0.1) is 0 Å². The molecule has 90 valence electrons. The second kappa shape index (κ2) is 4.82. The molecule has 0 atom stereocenters. The Morgan fingerprint density at radius 3 is 2.94 bits per heavy atom. The van der Waals surface area contributed by atoms with Gasteiger partial charge < -0.3 is 5.32 Å². The molecule has 17 heavy (non-hydrogen) atoms. The van der Waals surface area contributed by atoms with Crippen LogP contribution in [0.15, 0.2) is 16.5 Å². The van der Waals surface area contributed by atoms with Crippen molar-refractivity contribution in [3.63, 3.8) is 0 Å². The first kappa shape index (κ1) is 11.3. The lowest BCUT2D eigenvalue weighted by Gasteiger charge is -2.09. The predicted molar refractivity (Wildman–Crippen MR) is 75.1 cm³/mol. The average Bonchev–Trinajstić information content (AvgIpc) is 2.98. The number of rotatable bonds is 3. The number of nitrogens with zero attached hydrogens (tertiary/aromatic N) is 2. The fraction of sp³-hybridized carbons (Fsp3) is 0.500. The van der Waals surface area contributed by atoms with Crippen molar-refractivity contribution in [3.05, 3.63) is 11.4 Å². The molecule has 1 saturated carbocycles. The van der Waals surface area contributed by atoms with Gasteiger partial charge in [0.25, 0.3) is 0 Å². The van der Waals surface area contributed by atoms with E-state index in [4.69, 9.17) is 0 Å². The van der Waals surface area contributed by atoms with Crippen LogP contribution in [0.3, 0.4) is 0 Å². The minimum Gasteiger partial charge on any atom is -0.357 e. The van der Waals surface area contributed by atoms with Crippen molar-refractivity contribution in [1.29, 1.82) is 0 Å². The molecule has 2 aromatic rings. The van der Waals surface area contributed by atoms with Gasteiger partial charge in [-0.3, -0.25) is 0 Å². The van der Waals surface area contributed by atoms with Crippen LogP contribution in [0.2, 0.25) is 0 Å². The van der Waals surface area contributed by atoms with Crippen LogP contribution in [0.1, 0.15) is 25.7 Å². The van der Waals surface area contributed by atoms with E-state index in [9.17, 15) is 0 Å². The number of hydrogen-bond donors (Lipinski definition) is 1. The maximum Gasteiger partial charge on any atom is 0.224 e. The minimum atomic E-state index is 0.737. The molecule has 0 amide bonds. The summed E-state index contributed by atoms with van der Waals surface area (Å²) in [6, 6.07) is 2.14. The third-order valence-corrected chi connectivity index (χ3v) is 5.24. The predicted octanol–water partition coefficient (Wildman–Crippen LogP) is 3.77. The van der Waals surface area contributed by atoms with Gasteiger partial charge >= 0.3 is 0 Å². The highest BCUT2D eigenvalue weighted by Gasteiger charge is 2.19. The second-order valence-electron chi connectivity index (χ2n) is 4.27. The summed E-state index contributed by atoms with van der Waals surface area (Å²) in [7, 11) is 1.87. The molecule has 0 bridgehead atoms. The van der Waals surface area contributed by atoms with Crippen LogP contribution in [0.4, 0.5) is 5.95 Å². The molecule has 0 aliphatic heterocycles. The number of thiophene rings is 1. The largest absolute Gasteiger partial charge is 0.357 e. The summed E-state index contributed by atoms with van der Waals surface area (Å²) in [5.74, 6) is 0.737. The summed E-state index contributed by atoms with van der Waals surface area (Å²) in [5, 5.41) is 8.25. The van der Waals surface area contributed by atoms with Gasteiger partial charge in [0.15, 0.2) is 0 Å². The quantitative estimate of drug-likeness (QED) is 0.857. The Kier molecular flexibility index (Phi) is 3.20. The number of nitrogens with one attached hydrogen (secondary N) is 1. The highest BCUT2D eigenvalue weighted by Crippen LogP contribution is 2.38. The molecule has 0 radical (unpaired) electrons. The summed E-state index contributed by atoms with van der Waals surface area (Å²) in [4.78, 5) is 10.2. The Labute approximate surface area is 109 Å². The Bertz CT molecular complexity index is 517. The summed E-state index contributed by atoms with van der Waals surface area (Å²) in [6.45, 7) is 0. The minimum absolute atomic E-state index is 0.737. The van der Waals surface area contributed by atoms with Gasteiger partial charge in [-0.05, 0) is 24.3 Å². The van der Waals surface area contributed by atoms with Gasteiger partial charge in [0.05, 0.1) is 0 Å². The standard InChI is InChI=1S/C12H15N3S2/c1-13-12-14-10-9(6-7-16-10)11(15-12)17-8-4-2-3-5-8/h6-8H,2-5H2,1H3,(H,13,14,15). The van der Waals surface area contributed by atoms with Crippen molar-refractivity contribution in [3.8, 4) is 0 Å². The van der Waals surface area contributed by atoms with E-state index >= 15 is 0 Å². The van der Waals surface area contributed by atoms with E-state index in [1.165, 1.54) is 31.1 Å². The van der Waals surface area contributed by atoms with Crippen LogP contribution in [0.25, 0.3) is 10.2 Å². The van der Waals surface area contributed by atoms with E-state index in [1.807, 2.05) is 18.8 Å². The maximum absolute atomic E-state index is 4.60. The maximum atomic E-state index is 4.60. The van der Waals surface area contributed by atoms with Crippen molar-refractivity contribution in [2.24, 2.45) is 0 Å². The van der Waals surface area contributed by atoms with Crippen molar-refractivity contribution < 1.29 is 0 Å². The fourth-order valence-electron chi connectivity index (χ4n) is 2.19. The van der Waals surface area contributed by atoms with Gasteiger partial charge in [-0.1, -0.05) is 12.8 Å². The molecule has 0 unspecified atom stereocenters. The van der Waals surface area contributed by atoms with E-state index in [-0.39, 0.29) is 0 Å². The molecule has 5 heteroatoms. The Morgan fingerprint density at radius 1 is 1.35 bits per heavy atom. The van der Waals surface area contributed by atoms with Gasteiger partial charge in [-0.15, -0.1) is 23.1 Å². The van der Waals surface area contributed by atoms with Crippen molar-refractivity contribution >= 4 is 39.3 Å². The first-order valence-corrected chi connectivity index (χ1v) is 7.72. The topological polar surface area (TPSA) is 37.8 Å². The fourth-order valence-corrected chi connectivity index (χ4v) is 4.34. The zero-order valence-corrected chi connectivity index (χ0v) is 11.4. The van der Waals surface area contributed by atoms with Crippen molar-refractivity contribution in [1.82, 2.24) is 9.97 Å². The molecule has 1 aliphatic carbocycles. The lowest BCUT2D eigenvalue weighted by molar-refractivity contribution is 0.886. The third kappa shape index (κ3) is 2.26. The molecule has 1 N–H and O–H groups in total. The Morgan fingerprint density at radius 2 is 2.18 bits per heavy atom. The number of hydrogen-bond acceptors (Lipinski definition) is 5. The first-order chi connectivity index (χ1) is 8.36. The first-order valence-electron chi connectivity index (χ1n) is 5.96. The molecule has 3 nitrogen and oxygen atoms in total. The molecule has 3 rings (SSSR count). The van der Waals surface area contributed by atoms with E-state index in [0.29, 0.717) is 0 Å². The second-order valence-corrected chi connectivity index (χ2v) is 6.45. The van der Waals surface area contributed by atoms with Crippen LogP contribution in [0.5, 0.6) is 0 Å². The summed E-state index contributed by atoms with van der Waals surface area (Å²) in [5.41, 5.74) is 0. The molecule has 1 aliphatic rings. The van der Waals surface area contributed by atoms with Crippen molar-refractivity contribution in [2.45, 2.75) is 36.0 Å². The third-order valence-electron chi connectivity index (χ3n) is 3.09. The number of fused-ring (bicyclic) bond motifs is 1. The van der Waals surface area contributed by atoms with Crippen LogP contribution in [-0.2, 0) is 0 Å². The summed E-state index contributed by atoms with van der Waals surface area (Å²) >= 11 is 3.61. The zero-order valence-electron chi connectivity index (χ0n) is 9.77. The molecule has 0 spiro atoms. The van der Waals surface area contributed by atoms with E-state index < -0.39 is 0 Å². The van der Waals surface area contributed by atoms with Gasteiger partial charge in [-0.25, -0.2) is 9.97 Å². The molecule has 0 saturated heterocycles. The molecule has 0 aromatic carbocycles. The lowest BCUT2D eigenvalue weighted by Crippen LogP contribution is -2.00. The lowest BCUT2D eigenvalue weighted by atomic mass is 10.4. The zero-order chi connectivity index (χ0) is 11.7. The summed E-state index contributed by atoms with van der Waals surface area (Å²) in [6.07, 6.45) is 5.40. The van der Waals surface area contributed by atoms with Gasteiger partial charge in [0, 0.05) is 17.7 Å². The summed E-state index contributed by atoms with van der Waals surface area (Å²) < 4.78 is 0. The van der Waals surface area contributed by atoms with E-state index in [1.54, 1.807) is 11.3 Å². The number of anilines is 1. The van der Waals surface area contributed by atoms with Crippen LogP contribution >= 0.6 is 23.1 Å². The van der Waals surface area contributed by atoms with E-state index in [0.717, 1.165) is 21.1 Å². The van der Waals surface area contributed by atoms with Crippen molar-refractivity contribution in [2.75, 3.05) is 12.4 Å². The molecule has 1 fully saturated rings. The molecular formula is C12H15N3S2. The van der Waals surface area contributed by atoms with Crippen LogP contribution < -0.4 is 5.32 Å². The molecular weight excluding hydrogens is 250 g/mol. The highest BCUT2D eigenvalue weighted by atomic mass is 32.2. The highest BCUT2D eigenvalue weighted by molar-refractivity contribution is 8.00. The Balaban J connectivity index is 1.97. The number of thioether (sulfide) groups is 1. The van der Waals surface area contributed by atoms with E-state index in [2.05, 4.69) is 26.7 Å². The van der Waals surface area contributed by atoms with Gasteiger partial charge in [-0.2, -0.15) is 0 Å². The average molecular weight is 265 g/mol. The monoisotopic (exact) mass is 265 g/mol. The molecule has 2 aromatic heterocycles. The Hall–Kier alpha value is -0.810. The number of aromatic nitrogens is 2.